The Morgan fingerprint density at radius 3 is 2.61 bits per heavy atom. The summed E-state index contributed by atoms with van der Waals surface area (Å²) in [4.78, 5) is 31.0. The van der Waals surface area contributed by atoms with Gasteiger partial charge < -0.3 is 16.8 Å². The third-order valence-corrected chi connectivity index (χ3v) is 7.00. The van der Waals surface area contributed by atoms with Crippen LogP contribution >= 0.6 is 22.7 Å². The number of hydrogen-bond acceptors (Lipinski definition) is 6. The van der Waals surface area contributed by atoms with E-state index in [1.54, 1.807) is 0 Å². The van der Waals surface area contributed by atoms with Gasteiger partial charge in [-0.1, -0.05) is 43.7 Å². The van der Waals surface area contributed by atoms with Crippen molar-refractivity contribution in [3.8, 4) is 11.1 Å². The number of aryl methyl sites for hydroxylation is 1. The number of hydrogen-bond donors (Lipinski definition) is 3. The summed E-state index contributed by atoms with van der Waals surface area (Å²) in [6, 6.07) is 13.3. The van der Waals surface area contributed by atoms with Gasteiger partial charge in [-0.25, -0.2) is 4.98 Å². The average Bonchev–Trinajstić information content (AvgIpc) is 3.34. The minimum absolute atomic E-state index is 0.296. The number of carbonyl (C=O) groups is 2. The molecule has 8 heteroatoms. The maximum atomic E-state index is 13.0. The van der Waals surface area contributed by atoms with Gasteiger partial charge in [0.25, 0.3) is 11.8 Å². The molecule has 0 saturated heterocycles. The van der Waals surface area contributed by atoms with Crippen LogP contribution in [0.4, 0.5) is 10.7 Å². The molecule has 6 nitrogen and oxygen atoms in total. The maximum Gasteiger partial charge on any atom is 0.268 e. The minimum Gasteiger partial charge on any atom is -0.397 e. The average molecular weight is 451 g/mol. The zero-order chi connectivity index (χ0) is 22.0. The molecule has 5 N–H and O–H groups in total. The van der Waals surface area contributed by atoms with Crippen LogP contribution in [0, 0.1) is 0 Å². The van der Waals surface area contributed by atoms with Gasteiger partial charge in [-0.3, -0.25) is 9.59 Å². The number of carbonyl (C=O) groups excluding carboxylic acids is 2. The van der Waals surface area contributed by atoms with E-state index in [2.05, 4.69) is 17.2 Å². The van der Waals surface area contributed by atoms with Gasteiger partial charge in [0, 0.05) is 22.0 Å². The van der Waals surface area contributed by atoms with Crippen molar-refractivity contribution in [2.45, 2.75) is 26.2 Å². The number of aromatic nitrogens is 1. The summed E-state index contributed by atoms with van der Waals surface area (Å²) < 4.78 is 0. The fourth-order valence-corrected chi connectivity index (χ4v) is 5.36. The minimum atomic E-state index is -0.595. The first-order valence-electron chi connectivity index (χ1n) is 9.95. The molecule has 1 aromatic carbocycles. The van der Waals surface area contributed by atoms with Crippen LogP contribution in [-0.2, 0) is 6.42 Å². The summed E-state index contributed by atoms with van der Waals surface area (Å²) in [6.07, 6.45) is 3.05. The van der Waals surface area contributed by atoms with Crippen LogP contribution in [0.5, 0.6) is 0 Å². The molecule has 0 atom stereocenters. The van der Waals surface area contributed by atoms with Gasteiger partial charge in [0.1, 0.15) is 14.7 Å². The number of anilines is 2. The zero-order valence-corrected chi connectivity index (χ0v) is 18.6. The molecule has 0 saturated carbocycles. The standard InChI is InChI=1S/C23H22N4O2S2/c1-2-3-9-14-10-11-15-18(24)19(31-22(15)26-14)21(29)27-23-17(20(25)28)16(12-30-23)13-7-5-4-6-8-13/h4-8,10-12H,2-3,9,24H2,1H3,(H2,25,28)(H,27,29). The number of unbranched alkanes of at least 4 members (excludes halogenated alkanes) is 1. The number of nitrogens with zero attached hydrogens (tertiary/aromatic N) is 1. The molecule has 158 valence electrons. The lowest BCUT2D eigenvalue weighted by Gasteiger charge is -2.06. The fourth-order valence-electron chi connectivity index (χ4n) is 3.39. The monoisotopic (exact) mass is 450 g/mol. The summed E-state index contributed by atoms with van der Waals surface area (Å²) in [5.41, 5.74) is 15.1. The van der Waals surface area contributed by atoms with E-state index in [-0.39, 0.29) is 5.91 Å². The number of pyridine rings is 1. The van der Waals surface area contributed by atoms with Crippen molar-refractivity contribution >= 4 is 55.4 Å². The molecular formula is C23H22N4O2S2. The Morgan fingerprint density at radius 1 is 1.13 bits per heavy atom. The number of benzene rings is 1. The van der Waals surface area contributed by atoms with Crippen LogP contribution in [0.2, 0.25) is 0 Å². The van der Waals surface area contributed by atoms with Crippen LogP contribution in [0.3, 0.4) is 0 Å². The Hall–Kier alpha value is -3.23. The molecule has 3 aromatic heterocycles. The quantitative estimate of drug-likeness (QED) is 0.355. The first kappa shape index (κ1) is 21.0. The number of nitrogen functional groups attached to an aromatic ring is 1. The molecule has 0 fully saturated rings. The molecule has 2 amide bonds. The Labute approximate surface area is 187 Å². The highest BCUT2D eigenvalue weighted by molar-refractivity contribution is 7.21. The first-order valence-corrected chi connectivity index (χ1v) is 11.6. The molecule has 0 unspecified atom stereocenters. The van der Waals surface area contributed by atoms with Gasteiger partial charge in [0.2, 0.25) is 0 Å². The summed E-state index contributed by atoms with van der Waals surface area (Å²) in [7, 11) is 0. The normalized spacial score (nSPS) is 11.0. The molecule has 0 spiro atoms. The molecule has 31 heavy (non-hydrogen) atoms. The van der Waals surface area contributed by atoms with E-state index >= 15 is 0 Å². The van der Waals surface area contributed by atoms with Crippen LogP contribution < -0.4 is 16.8 Å². The van der Waals surface area contributed by atoms with Gasteiger partial charge in [0.15, 0.2) is 0 Å². The molecule has 0 aliphatic heterocycles. The lowest BCUT2D eigenvalue weighted by Crippen LogP contribution is -2.17. The van der Waals surface area contributed by atoms with Gasteiger partial charge in [-0.2, -0.15) is 0 Å². The number of thiophene rings is 2. The molecule has 0 radical (unpaired) electrons. The zero-order valence-electron chi connectivity index (χ0n) is 17.0. The van der Waals surface area contributed by atoms with Gasteiger partial charge >= 0.3 is 0 Å². The number of nitrogens with two attached hydrogens (primary N) is 2. The number of amides is 2. The van der Waals surface area contributed by atoms with E-state index in [4.69, 9.17) is 11.5 Å². The van der Waals surface area contributed by atoms with Crippen molar-refractivity contribution in [1.82, 2.24) is 4.98 Å². The van der Waals surface area contributed by atoms with Crippen molar-refractivity contribution in [1.29, 1.82) is 0 Å². The smallest absolute Gasteiger partial charge is 0.268 e. The van der Waals surface area contributed by atoms with Crippen molar-refractivity contribution in [3.63, 3.8) is 0 Å². The second-order valence-corrected chi connectivity index (χ2v) is 9.02. The third-order valence-electron chi connectivity index (χ3n) is 4.99. The fraction of sp³-hybridized carbons (Fsp3) is 0.174. The summed E-state index contributed by atoms with van der Waals surface area (Å²) >= 11 is 2.52. The Balaban J connectivity index is 1.65. The predicted octanol–water partition coefficient (Wildman–Crippen LogP) is 5.30. The first-order chi connectivity index (χ1) is 15.0. The third kappa shape index (κ3) is 4.17. The van der Waals surface area contributed by atoms with Crippen molar-refractivity contribution in [2.75, 3.05) is 11.1 Å². The van der Waals surface area contributed by atoms with Crippen LogP contribution in [0.25, 0.3) is 21.3 Å². The summed E-state index contributed by atoms with van der Waals surface area (Å²) in [6.45, 7) is 2.14. The molecule has 4 aromatic rings. The molecule has 0 aliphatic carbocycles. The molecule has 0 bridgehead atoms. The van der Waals surface area contributed by atoms with E-state index in [0.717, 1.165) is 40.7 Å². The van der Waals surface area contributed by atoms with Crippen LogP contribution in [0.15, 0.2) is 47.8 Å². The Morgan fingerprint density at radius 2 is 1.90 bits per heavy atom. The Kier molecular flexibility index (Phi) is 6.01. The highest BCUT2D eigenvalue weighted by Crippen LogP contribution is 2.37. The second kappa shape index (κ2) is 8.87. The van der Waals surface area contributed by atoms with E-state index in [1.165, 1.54) is 22.7 Å². The molecule has 4 rings (SSSR count). The van der Waals surface area contributed by atoms with Crippen LogP contribution in [-0.4, -0.2) is 16.8 Å². The second-order valence-electron chi connectivity index (χ2n) is 7.14. The van der Waals surface area contributed by atoms with Crippen molar-refractivity contribution < 1.29 is 9.59 Å². The van der Waals surface area contributed by atoms with E-state index in [9.17, 15) is 9.59 Å². The molecular weight excluding hydrogens is 428 g/mol. The molecule has 0 aliphatic rings. The van der Waals surface area contributed by atoms with Gasteiger partial charge in [-0.05, 0) is 30.5 Å². The number of primary amides is 1. The highest BCUT2D eigenvalue weighted by Gasteiger charge is 2.23. The number of fused-ring (bicyclic) bond motifs is 1. The lowest BCUT2D eigenvalue weighted by molar-refractivity contribution is 0.100. The summed E-state index contributed by atoms with van der Waals surface area (Å²) in [5.74, 6) is -0.971. The number of rotatable bonds is 7. The van der Waals surface area contributed by atoms with Gasteiger partial charge in [-0.15, -0.1) is 22.7 Å². The van der Waals surface area contributed by atoms with Gasteiger partial charge in [0.05, 0.1) is 11.3 Å². The summed E-state index contributed by atoms with van der Waals surface area (Å²) in [5, 5.41) is 5.82. The Bertz CT molecular complexity index is 1260. The maximum absolute atomic E-state index is 13.0. The largest absolute Gasteiger partial charge is 0.397 e. The predicted molar refractivity (Wildman–Crippen MR) is 129 cm³/mol. The SMILES string of the molecule is CCCCc1ccc2c(N)c(C(=O)Nc3scc(-c4ccccc4)c3C(N)=O)sc2n1. The van der Waals surface area contributed by atoms with E-state index in [0.29, 0.717) is 26.7 Å². The van der Waals surface area contributed by atoms with Crippen molar-refractivity contribution in [3.05, 3.63) is 64.0 Å². The van der Waals surface area contributed by atoms with E-state index < -0.39 is 5.91 Å². The highest BCUT2D eigenvalue weighted by atomic mass is 32.1. The molecule has 3 heterocycles. The lowest BCUT2D eigenvalue weighted by atomic mass is 10.0. The van der Waals surface area contributed by atoms with Crippen LogP contribution in [0.1, 0.15) is 45.5 Å². The topological polar surface area (TPSA) is 111 Å². The number of nitrogens with one attached hydrogen (secondary N) is 1. The van der Waals surface area contributed by atoms with Crippen molar-refractivity contribution in [2.24, 2.45) is 5.73 Å². The van der Waals surface area contributed by atoms with E-state index in [1.807, 2.05) is 47.8 Å².